The standard InChI is InChI=1S/C19H29N/c1-4-5-8-17(12-11-16(2)3)15-20-14-13-18-9-6-7-10-19(18)20/h6-7,9-10,13-14,16-17H,4-5,8,11-12,15H2,1-3H3. The maximum Gasteiger partial charge on any atom is 0.0480 e. The Hall–Kier alpha value is -1.24. The second kappa shape index (κ2) is 7.52. The molecule has 1 aromatic carbocycles. The number of hydrogen-bond donors (Lipinski definition) is 0. The predicted molar refractivity (Wildman–Crippen MR) is 89.0 cm³/mol. The van der Waals surface area contributed by atoms with Crippen LogP contribution in [0.15, 0.2) is 36.5 Å². The number of hydrogen-bond acceptors (Lipinski definition) is 0. The van der Waals surface area contributed by atoms with Crippen LogP contribution in [-0.4, -0.2) is 4.57 Å². The van der Waals surface area contributed by atoms with Crippen molar-refractivity contribution in [2.75, 3.05) is 0 Å². The van der Waals surface area contributed by atoms with Gasteiger partial charge < -0.3 is 4.57 Å². The molecule has 0 saturated heterocycles. The minimum atomic E-state index is 0.820. The molecule has 1 nitrogen and oxygen atoms in total. The fourth-order valence-corrected chi connectivity index (χ4v) is 2.97. The van der Waals surface area contributed by atoms with Gasteiger partial charge in [-0.1, -0.05) is 58.2 Å². The van der Waals surface area contributed by atoms with Gasteiger partial charge in [0.05, 0.1) is 0 Å². The summed E-state index contributed by atoms with van der Waals surface area (Å²) in [5.41, 5.74) is 1.39. The summed E-state index contributed by atoms with van der Waals surface area (Å²) in [6.45, 7) is 8.15. The van der Waals surface area contributed by atoms with Crippen molar-refractivity contribution in [1.29, 1.82) is 0 Å². The molecule has 0 N–H and O–H groups in total. The average molecular weight is 271 g/mol. The van der Waals surface area contributed by atoms with Gasteiger partial charge in [0.1, 0.15) is 0 Å². The Morgan fingerprint density at radius 3 is 2.55 bits per heavy atom. The van der Waals surface area contributed by atoms with Gasteiger partial charge in [-0.15, -0.1) is 0 Å². The lowest BCUT2D eigenvalue weighted by Crippen LogP contribution is -2.11. The lowest BCUT2D eigenvalue weighted by Gasteiger charge is -2.19. The summed E-state index contributed by atoms with van der Waals surface area (Å²) in [7, 11) is 0. The zero-order valence-corrected chi connectivity index (χ0v) is 13.3. The SMILES string of the molecule is CCCCC(CCC(C)C)Cn1ccc2ccccc21. The third-order valence-electron chi connectivity index (χ3n) is 4.25. The Bertz CT molecular complexity index is 509. The van der Waals surface area contributed by atoms with Crippen molar-refractivity contribution in [3.63, 3.8) is 0 Å². The van der Waals surface area contributed by atoms with Crippen molar-refractivity contribution in [2.24, 2.45) is 11.8 Å². The van der Waals surface area contributed by atoms with E-state index in [0.717, 1.165) is 11.8 Å². The molecule has 2 aromatic rings. The second-order valence-electron chi connectivity index (χ2n) is 6.51. The molecule has 2 rings (SSSR count). The first-order chi connectivity index (χ1) is 9.70. The van der Waals surface area contributed by atoms with Crippen LogP contribution in [0.3, 0.4) is 0 Å². The van der Waals surface area contributed by atoms with Crippen molar-refractivity contribution in [2.45, 2.75) is 59.4 Å². The smallest absolute Gasteiger partial charge is 0.0480 e. The second-order valence-corrected chi connectivity index (χ2v) is 6.51. The summed E-state index contributed by atoms with van der Waals surface area (Å²) >= 11 is 0. The first-order valence-electron chi connectivity index (χ1n) is 8.24. The zero-order valence-electron chi connectivity index (χ0n) is 13.3. The van der Waals surface area contributed by atoms with E-state index >= 15 is 0 Å². The van der Waals surface area contributed by atoms with Gasteiger partial charge in [-0.05, 0) is 42.2 Å². The Morgan fingerprint density at radius 1 is 1.00 bits per heavy atom. The van der Waals surface area contributed by atoms with E-state index < -0.39 is 0 Å². The molecule has 0 aliphatic carbocycles. The third-order valence-corrected chi connectivity index (χ3v) is 4.25. The van der Waals surface area contributed by atoms with Gasteiger partial charge in [0, 0.05) is 18.3 Å². The average Bonchev–Trinajstić information content (AvgIpc) is 2.85. The maximum atomic E-state index is 2.45. The van der Waals surface area contributed by atoms with E-state index in [4.69, 9.17) is 0 Å². The molecular weight excluding hydrogens is 242 g/mol. The summed E-state index contributed by atoms with van der Waals surface area (Å²) in [6.07, 6.45) is 9.03. The van der Waals surface area contributed by atoms with Crippen molar-refractivity contribution < 1.29 is 0 Å². The van der Waals surface area contributed by atoms with E-state index in [1.807, 2.05) is 0 Å². The number of aromatic nitrogens is 1. The predicted octanol–water partition coefficient (Wildman–Crippen LogP) is 5.88. The van der Waals surface area contributed by atoms with Gasteiger partial charge in [-0.3, -0.25) is 0 Å². The molecule has 0 aliphatic rings. The van der Waals surface area contributed by atoms with Crippen LogP contribution in [0.25, 0.3) is 10.9 Å². The van der Waals surface area contributed by atoms with Crippen LogP contribution in [-0.2, 0) is 6.54 Å². The molecule has 1 heteroatoms. The molecule has 0 spiro atoms. The topological polar surface area (TPSA) is 4.93 Å². The first-order valence-corrected chi connectivity index (χ1v) is 8.24. The molecule has 0 bridgehead atoms. The van der Waals surface area contributed by atoms with E-state index in [-0.39, 0.29) is 0 Å². The van der Waals surface area contributed by atoms with Gasteiger partial charge in [-0.2, -0.15) is 0 Å². The lowest BCUT2D eigenvalue weighted by molar-refractivity contribution is 0.351. The van der Waals surface area contributed by atoms with E-state index in [2.05, 4.69) is 61.9 Å². The Labute approximate surface area is 124 Å². The molecule has 1 unspecified atom stereocenters. The number of fused-ring (bicyclic) bond motifs is 1. The summed E-state index contributed by atoms with van der Waals surface area (Å²) in [6, 6.07) is 11.0. The molecule has 0 saturated carbocycles. The first kappa shape index (κ1) is 15.2. The van der Waals surface area contributed by atoms with Crippen LogP contribution in [0.4, 0.5) is 0 Å². The van der Waals surface area contributed by atoms with E-state index in [1.165, 1.54) is 49.6 Å². The molecule has 20 heavy (non-hydrogen) atoms. The molecular formula is C19H29N. The molecule has 1 aromatic heterocycles. The minimum absolute atomic E-state index is 0.820. The summed E-state index contributed by atoms with van der Waals surface area (Å²) in [4.78, 5) is 0. The quantitative estimate of drug-likeness (QED) is 0.564. The Morgan fingerprint density at radius 2 is 1.80 bits per heavy atom. The van der Waals surface area contributed by atoms with E-state index in [1.54, 1.807) is 0 Å². The highest BCUT2D eigenvalue weighted by Crippen LogP contribution is 2.23. The van der Waals surface area contributed by atoms with Crippen LogP contribution in [0.2, 0.25) is 0 Å². The number of benzene rings is 1. The van der Waals surface area contributed by atoms with E-state index in [9.17, 15) is 0 Å². The van der Waals surface area contributed by atoms with Crippen LogP contribution < -0.4 is 0 Å². The fraction of sp³-hybridized carbons (Fsp3) is 0.579. The fourth-order valence-electron chi connectivity index (χ4n) is 2.97. The van der Waals surface area contributed by atoms with Gasteiger partial charge >= 0.3 is 0 Å². The van der Waals surface area contributed by atoms with E-state index in [0.29, 0.717) is 0 Å². The molecule has 1 atom stereocenters. The number of nitrogens with zero attached hydrogens (tertiary/aromatic N) is 1. The highest BCUT2D eigenvalue weighted by atomic mass is 15.0. The molecule has 0 aliphatic heterocycles. The van der Waals surface area contributed by atoms with Gasteiger partial charge in [0.25, 0.3) is 0 Å². The van der Waals surface area contributed by atoms with Gasteiger partial charge in [0.2, 0.25) is 0 Å². The normalized spacial score (nSPS) is 13.2. The van der Waals surface area contributed by atoms with Crippen molar-refractivity contribution >= 4 is 10.9 Å². The van der Waals surface area contributed by atoms with Crippen LogP contribution >= 0.6 is 0 Å². The van der Waals surface area contributed by atoms with Crippen molar-refractivity contribution in [1.82, 2.24) is 4.57 Å². The lowest BCUT2D eigenvalue weighted by atomic mass is 9.93. The molecule has 0 radical (unpaired) electrons. The van der Waals surface area contributed by atoms with Crippen LogP contribution in [0.1, 0.15) is 52.9 Å². The van der Waals surface area contributed by atoms with Gasteiger partial charge in [0.15, 0.2) is 0 Å². The van der Waals surface area contributed by atoms with Crippen molar-refractivity contribution in [3.8, 4) is 0 Å². The Balaban J connectivity index is 2.05. The van der Waals surface area contributed by atoms with Gasteiger partial charge in [-0.25, -0.2) is 0 Å². The van der Waals surface area contributed by atoms with Crippen LogP contribution in [0.5, 0.6) is 0 Å². The Kier molecular flexibility index (Phi) is 5.70. The highest BCUT2D eigenvalue weighted by Gasteiger charge is 2.11. The van der Waals surface area contributed by atoms with Crippen LogP contribution in [0, 0.1) is 11.8 Å². The molecule has 0 fully saturated rings. The summed E-state index contributed by atoms with van der Waals surface area (Å²) < 4.78 is 2.45. The molecule has 0 amide bonds. The third kappa shape index (κ3) is 4.13. The number of rotatable bonds is 8. The number of para-hydroxylation sites is 1. The number of unbranched alkanes of at least 4 members (excludes halogenated alkanes) is 1. The van der Waals surface area contributed by atoms with Crippen molar-refractivity contribution in [3.05, 3.63) is 36.5 Å². The minimum Gasteiger partial charge on any atom is -0.347 e. The largest absolute Gasteiger partial charge is 0.347 e. The molecule has 1 heterocycles. The highest BCUT2D eigenvalue weighted by molar-refractivity contribution is 5.79. The maximum absolute atomic E-state index is 2.45. The zero-order chi connectivity index (χ0) is 14.4. The summed E-state index contributed by atoms with van der Waals surface area (Å²) in [5, 5.41) is 1.37. The summed E-state index contributed by atoms with van der Waals surface area (Å²) in [5.74, 6) is 1.65. The molecule has 110 valence electrons. The monoisotopic (exact) mass is 271 g/mol.